The zero-order valence-electron chi connectivity index (χ0n) is 25.3. The molecule has 222 valence electrons. The van der Waals surface area contributed by atoms with Crippen LogP contribution >= 0.6 is 0 Å². The van der Waals surface area contributed by atoms with Crippen molar-refractivity contribution in [2.75, 3.05) is 20.3 Å². The third-order valence-corrected chi connectivity index (χ3v) is 8.57. The summed E-state index contributed by atoms with van der Waals surface area (Å²) in [5.74, 6) is -0.447. The van der Waals surface area contributed by atoms with Gasteiger partial charge in [-0.25, -0.2) is 4.79 Å². The molecule has 0 radical (unpaired) electrons. The lowest BCUT2D eigenvalue weighted by atomic mass is 9.63. The van der Waals surface area contributed by atoms with Crippen molar-refractivity contribution in [3.05, 3.63) is 87.8 Å². The second-order valence-electron chi connectivity index (χ2n) is 13.4. The van der Waals surface area contributed by atoms with Gasteiger partial charge in [0.25, 0.3) is 0 Å². The zero-order valence-corrected chi connectivity index (χ0v) is 25.3. The highest BCUT2D eigenvalue weighted by Gasteiger charge is 2.48. The number of hydrogen-bond acceptors (Lipinski definition) is 6. The quantitative estimate of drug-likeness (QED) is 0.335. The van der Waals surface area contributed by atoms with Gasteiger partial charge in [-0.15, -0.1) is 0 Å². The molecule has 2 aromatic carbocycles. The first-order valence-corrected chi connectivity index (χ1v) is 14.7. The number of aromatic carboxylic acids is 1. The summed E-state index contributed by atoms with van der Waals surface area (Å²) in [7, 11) is 1.70. The summed E-state index contributed by atoms with van der Waals surface area (Å²) in [6.45, 7) is 10.2. The summed E-state index contributed by atoms with van der Waals surface area (Å²) in [6.07, 6.45) is 3.29. The zero-order chi connectivity index (χ0) is 30.2. The van der Waals surface area contributed by atoms with Gasteiger partial charge < -0.3 is 19.5 Å². The van der Waals surface area contributed by atoms with Crippen molar-refractivity contribution >= 4 is 17.5 Å². The number of carboxylic acids is 1. The summed E-state index contributed by atoms with van der Waals surface area (Å²) in [5.41, 5.74) is 5.36. The number of benzene rings is 2. The standard InChI is InChI=1S/C35H41NO6/c1-34(2)17-26-31(28(37)19-34)30(32-27(36(26)15-6-16-41-5)18-35(3,4)20-29(32)38)23-11-13-25(14-12-23)42-21-22-7-9-24(10-8-22)33(39)40/h7-14,30H,6,15-21H2,1-5H3,(H,39,40). The molecule has 1 aliphatic heterocycles. The molecule has 3 aliphatic rings. The average Bonchev–Trinajstić information content (AvgIpc) is 2.91. The van der Waals surface area contributed by atoms with Crippen molar-refractivity contribution < 1.29 is 29.0 Å². The van der Waals surface area contributed by atoms with Crippen LogP contribution in [-0.2, 0) is 20.9 Å². The van der Waals surface area contributed by atoms with Crippen molar-refractivity contribution in [3.63, 3.8) is 0 Å². The maximum Gasteiger partial charge on any atom is 0.335 e. The predicted molar refractivity (Wildman–Crippen MR) is 160 cm³/mol. The van der Waals surface area contributed by atoms with Crippen molar-refractivity contribution in [2.24, 2.45) is 10.8 Å². The number of ketones is 2. The molecule has 0 unspecified atom stereocenters. The second-order valence-corrected chi connectivity index (χ2v) is 13.4. The maximum absolute atomic E-state index is 13.9. The molecule has 1 N–H and O–H groups in total. The Hall–Kier alpha value is -3.71. The first-order chi connectivity index (χ1) is 19.9. The minimum atomic E-state index is -0.963. The number of carbonyl (C=O) groups is 3. The molecule has 1 heterocycles. The van der Waals surface area contributed by atoms with Gasteiger partial charge in [-0.1, -0.05) is 52.0 Å². The van der Waals surface area contributed by atoms with E-state index in [4.69, 9.17) is 14.6 Å². The van der Waals surface area contributed by atoms with E-state index < -0.39 is 11.9 Å². The Morgan fingerprint density at radius 2 is 1.40 bits per heavy atom. The summed E-state index contributed by atoms with van der Waals surface area (Å²) < 4.78 is 11.4. The maximum atomic E-state index is 13.9. The van der Waals surface area contributed by atoms with Gasteiger partial charge in [-0.2, -0.15) is 0 Å². The first kappa shape index (κ1) is 29.8. The normalized spacial score (nSPS) is 20.0. The van der Waals surface area contributed by atoms with Crippen LogP contribution in [0.15, 0.2) is 71.1 Å². The van der Waals surface area contributed by atoms with E-state index in [1.165, 1.54) is 0 Å². The molecule has 0 fully saturated rings. The van der Waals surface area contributed by atoms with Crippen molar-refractivity contribution in [2.45, 2.75) is 72.3 Å². The molecule has 7 heteroatoms. The largest absolute Gasteiger partial charge is 0.489 e. The van der Waals surface area contributed by atoms with Gasteiger partial charge >= 0.3 is 5.97 Å². The third kappa shape index (κ3) is 6.07. The highest BCUT2D eigenvalue weighted by molar-refractivity contribution is 6.06. The lowest BCUT2D eigenvalue weighted by molar-refractivity contribution is -0.119. The SMILES string of the molecule is COCCCN1C2=C(C(=O)CC(C)(C)C2)C(c2ccc(OCc3ccc(C(=O)O)cc3)cc2)C2=C1CC(C)(C)CC2=O. The van der Waals surface area contributed by atoms with Crippen LogP contribution in [0.1, 0.15) is 87.2 Å². The Bertz CT molecular complexity index is 1390. The summed E-state index contributed by atoms with van der Waals surface area (Å²) >= 11 is 0. The summed E-state index contributed by atoms with van der Waals surface area (Å²) in [4.78, 5) is 41.2. The Balaban J connectivity index is 1.51. The highest BCUT2D eigenvalue weighted by Crippen LogP contribution is 2.54. The molecule has 0 bridgehead atoms. The molecule has 5 rings (SSSR count). The van der Waals surface area contributed by atoms with Crippen LogP contribution in [0.5, 0.6) is 5.75 Å². The van der Waals surface area contributed by atoms with Crippen molar-refractivity contribution in [1.29, 1.82) is 0 Å². The summed E-state index contributed by atoms with van der Waals surface area (Å²) in [6, 6.07) is 14.3. The Kier molecular flexibility index (Phi) is 8.17. The first-order valence-electron chi connectivity index (χ1n) is 14.7. The average molecular weight is 572 g/mol. The molecular formula is C35H41NO6. The van der Waals surface area contributed by atoms with E-state index in [1.807, 2.05) is 24.3 Å². The Labute approximate surface area is 248 Å². The Morgan fingerprint density at radius 3 is 1.90 bits per heavy atom. The van der Waals surface area contributed by atoms with E-state index in [9.17, 15) is 14.4 Å². The smallest absolute Gasteiger partial charge is 0.335 e. The van der Waals surface area contributed by atoms with Crippen LogP contribution in [-0.4, -0.2) is 47.8 Å². The fourth-order valence-electron chi connectivity index (χ4n) is 6.68. The third-order valence-electron chi connectivity index (χ3n) is 8.57. The van der Waals surface area contributed by atoms with Gasteiger partial charge in [0, 0.05) is 61.6 Å². The molecule has 0 aromatic heterocycles. The molecule has 0 saturated carbocycles. The molecule has 0 amide bonds. The van der Waals surface area contributed by atoms with Crippen LogP contribution in [0.25, 0.3) is 0 Å². The molecule has 2 aliphatic carbocycles. The molecular weight excluding hydrogens is 530 g/mol. The number of methoxy groups -OCH3 is 1. The number of allylic oxidation sites excluding steroid dienone is 4. The van der Waals surface area contributed by atoms with Crippen molar-refractivity contribution in [1.82, 2.24) is 4.90 Å². The van der Waals surface area contributed by atoms with Gasteiger partial charge in [0.05, 0.1) is 5.56 Å². The fourth-order valence-corrected chi connectivity index (χ4v) is 6.68. The van der Waals surface area contributed by atoms with Crippen LogP contribution in [0.3, 0.4) is 0 Å². The number of hydrogen-bond donors (Lipinski definition) is 1. The number of rotatable bonds is 9. The molecule has 0 saturated heterocycles. The lowest BCUT2D eigenvalue weighted by Crippen LogP contribution is -2.44. The van der Waals surface area contributed by atoms with Crippen LogP contribution < -0.4 is 4.74 Å². The van der Waals surface area contributed by atoms with Gasteiger partial charge in [-0.3, -0.25) is 9.59 Å². The number of ether oxygens (including phenoxy) is 2. The van der Waals surface area contributed by atoms with Gasteiger partial charge in [0.1, 0.15) is 12.4 Å². The molecule has 42 heavy (non-hydrogen) atoms. The Morgan fingerprint density at radius 1 is 0.857 bits per heavy atom. The monoisotopic (exact) mass is 571 g/mol. The van der Waals surface area contributed by atoms with E-state index in [0.29, 0.717) is 38.3 Å². The number of Topliss-reactive ketones (excluding diaryl/α,β-unsaturated/α-hetero) is 2. The molecule has 2 aromatic rings. The van der Waals surface area contributed by atoms with Crippen LogP contribution in [0.2, 0.25) is 0 Å². The van der Waals surface area contributed by atoms with Gasteiger partial charge in [0.15, 0.2) is 11.6 Å². The van der Waals surface area contributed by atoms with Crippen LogP contribution in [0, 0.1) is 10.8 Å². The molecule has 0 atom stereocenters. The number of carbonyl (C=O) groups excluding carboxylic acids is 2. The fraction of sp³-hybridized carbons (Fsp3) is 0.457. The predicted octanol–water partition coefficient (Wildman–Crippen LogP) is 6.69. The van der Waals surface area contributed by atoms with E-state index in [2.05, 4.69) is 32.6 Å². The van der Waals surface area contributed by atoms with E-state index in [-0.39, 0.29) is 28.0 Å². The van der Waals surface area contributed by atoms with E-state index >= 15 is 0 Å². The molecule has 7 nitrogen and oxygen atoms in total. The minimum Gasteiger partial charge on any atom is -0.489 e. The highest BCUT2D eigenvalue weighted by atomic mass is 16.5. The second kappa shape index (κ2) is 11.5. The van der Waals surface area contributed by atoms with E-state index in [1.54, 1.807) is 31.4 Å². The number of carboxylic acid groups (broad SMARTS) is 1. The summed E-state index contributed by atoms with van der Waals surface area (Å²) in [5, 5.41) is 9.12. The lowest BCUT2D eigenvalue weighted by Gasteiger charge is -2.49. The van der Waals surface area contributed by atoms with Gasteiger partial charge in [0.2, 0.25) is 0 Å². The van der Waals surface area contributed by atoms with Crippen molar-refractivity contribution in [3.8, 4) is 5.75 Å². The van der Waals surface area contributed by atoms with Gasteiger partial charge in [-0.05, 0) is 65.5 Å². The minimum absolute atomic E-state index is 0.123. The van der Waals surface area contributed by atoms with E-state index in [0.717, 1.165) is 52.9 Å². The van der Waals surface area contributed by atoms with Crippen LogP contribution in [0.4, 0.5) is 0 Å². The number of nitrogens with zero attached hydrogens (tertiary/aromatic N) is 1. The molecule has 0 spiro atoms. The topological polar surface area (TPSA) is 93.1 Å².